The van der Waals surface area contributed by atoms with Crippen molar-refractivity contribution in [3.63, 3.8) is 0 Å². The molecule has 2 N–H and O–H groups in total. The molecule has 160 valence electrons. The molecule has 0 atom stereocenters. The van der Waals surface area contributed by atoms with Crippen LogP contribution in [0.5, 0.6) is 0 Å². The lowest BCUT2D eigenvalue weighted by atomic mass is 10.1. The first-order valence-electron chi connectivity index (χ1n) is 9.91. The molecular formula is C24H30N2O4. The molecule has 0 spiro atoms. The molecule has 2 amide bonds. The van der Waals surface area contributed by atoms with Gasteiger partial charge in [-0.3, -0.25) is 9.59 Å². The highest BCUT2D eigenvalue weighted by Gasteiger charge is 2.33. The van der Waals surface area contributed by atoms with Gasteiger partial charge in [0.2, 0.25) is 11.8 Å². The summed E-state index contributed by atoms with van der Waals surface area (Å²) in [5, 5.41) is 14.0. The van der Waals surface area contributed by atoms with Crippen LogP contribution >= 0.6 is 0 Å². The van der Waals surface area contributed by atoms with E-state index in [1.807, 2.05) is 70.5 Å². The summed E-state index contributed by atoms with van der Waals surface area (Å²) < 4.78 is 0. The first-order chi connectivity index (χ1) is 14.7. The second-order valence-corrected chi connectivity index (χ2v) is 7.03. The third-order valence-electron chi connectivity index (χ3n) is 5.13. The standard InChI is InChI=1S/C22H22N2O2.2CH4O/c25-21(11-17-7-3-1-4-8-17)23-13-19-15-24(16-20(19)14-23)22(26)12-18-9-5-2-6-10-18;2*1-2/h1-10H,11-16H2;2*2H,1H3. The van der Waals surface area contributed by atoms with Crippen LogP contribution < -0.4 is 0 Å². The highest BCUT2D eigenvalue weighted by Crippen LogP contribution is 2.26. The van der Waals surface area contributed by atoms with E-state index >= 15 is 0 Å². The zero-order valence-electron chi connectivity index (χ0n) is 17.6. The minimum absolute atomic E-state index is 0.160. The van der Waals surface area contributed by atoms with Crippen LogP contribution in [-0.2, 0) is 22.4 Å². The van der Waals surface area contributed by atoms with Gasteiger partial charge in [0.25, 0.3) is 0 Å². The summed E-state index contributed by atoms with van der Waals surface area (Å²) in [4.78, 5) is 28.9. The van der Waals surface area contributed by atoms with Crippen molar-refractivity contribution in [1.82, 2.24) is 9.80 Å². The highest BCUT2D eigenvalue weighted by atomic mass is 16.2. The zero-order chi connectivity index (χ0) is 21.9. The number of hydrogen-bond acceptors (Lipinski definition) is 4. The average molecular weight is 411 g/mol. The van der Waals surface area contributed by atoms with E-state index < -0.39 is 0 Å². The molecule has 0 saturated heterocycles. The molecule has 0 bridgehead atoms. The Morgan fingerprint density at radius 3 is 1.23 bits per heavy atom. The van der Waals surface area contributed by atoms with Crippen molar-refractivity contribution in [1.29, 1.82) is 0 Å². The number of rotatable bonds is 4. The summed E-state index contributed by atoms with van der Waals surface area (Å²) in [5.74, 6) is 0.320. The first kappa shape index (κ1) is 23.3. The molecule has 4 rings (SSSR count). The molecule has 2 aliphatic rings. The molecule has 30 heavy (non-hydrogen) atoms. The van der Waals surface area contributed by atoms with Gasteiger partial charge in [-0.15, -0.1) is 0 Å². The maximum atomic E-state index is 12.5. The number of nitrogens with zero attached hydrogens (tertiary/aromatic N) is 2. The number of aliphatic hydroxyl groups is 2. The smallest absolute Gasteiger partial charge is 0.227 e. The van der Waals surface area contributed by atoms with E-state index in [0.29, 0.717) is 39.0 Å². The summed E-state index contributed by atoms with van der Waals surface area (Å²) in [6.45, 7) is 2.65. The number of hydrogen-bond donors (Lipinski definition) is 2. The Labute approximate surface area is 178 Å². The van der Waals surface area contributed by atoms with Crippen LogP contribution in [0.15, 0.2) is 71.8 Å². The van der Waals surface area contributed by atoms with E-state index in [2.05, 4.69) is 0 Å². The molecule has 0 aromatic heterocycles. The molecule has 2 aromatic rings. The van der Waals surface area contributed by atoms with Crippen molar-refractivity contribution in [2.75, 3.05) is 40.4 Å². The Morgan fingerprint density at radius 2 is 0.933 bits per heavy atom. The van der Waals surface area contributed by atoms with Crippen LogP contribution in [0.3, 0.4) is 0 Å². The SMILES string of the molecule is CO.CO.O=C(Cc1ccccc1)N1CC2=C(C1)CN(C(=O)Cc1ccccc1)C2. The molecule has 6 heteroatoms. The summed E-state index contributed by atoms with van der Waals surface area (Å²) in [6.07, 6.45) is 0.885. The molecule has 6 nitrogen and oxygen atoms in total. The fourth-order valence-electron chi connectivity index (χ4n) is 3.70. The van der Waals surface area contributed by atoms with Crippen molar-refractivity contribution in [2.45, 2.75) is 12.8 Å². The highest BCUT2D eigenvalue weighted by molar-refractivity contribution is 5.82. The molecule has 2 aliphatic heterocycles. The van der Waals surface area contributed by atoms with Crippen LogP contribution in [-0.4, -0.2) is 72.2 Å². The Kier molecular flexibility index (Phi) is 9.25. The number of benzene rings is 2. The van der Waals surface area contributed by atoms with Gasteiger partial charge in [0.1, 0.15) is 0 Å². The zero-order valence-corrected chi connectivity index (χ0v) is 17.6. The number of aliphatic hydroxyl groups excluding tert-OH is 2. The van der Waals surface area contributed by atoms with Crippen LogP contribution in [0.25, 0.3) is 0 Å². The Morgan fingerprint density at radius 1 is 0.633 bits per heavy atom. The molecular weight excluding hydrogens is 380 g/mol. The predicted molar refractivity (Wildman–Crippen MR) is 117 cm³/mol. The molecule has 2 heterocycles. The molecule has 0 unspecified atom stereocenters. The minimum Gasteiger partial charge on any atom is -0.400 e. The van der Waals surface area contributed by atoms with Crippen molar-refractivity contribution < 1.29 is 19.8 Å². The summed E-state index contributed by atoms with van der Waals surface area (Å²) in [5.41, 5.74) is 4.58. The van der Waals surface area contributed by atoms with Crippen LogP contribution in [0.4, 0.5) is 0 Å². The third-order valence-corrected chi connectivity index (χ3v) is 5.13. The van der Waals surface area contributed by atoms with E-state index in [1.54, 1.807) is 0 Å². The van der Waals surface area contributed by atoms with Crippen molar-refractivity contribution in [2.24, 2.45) is 0 Å². The third kappa shape index (κ3) is 6.02. The topological polar surface area (TPSA) is 81.1 Å². The number of carbonyl (C=O) groups excluding carboxylic acids is 2. The van der Waals surface area contributed by atoms with Gasteiger partial charge in [0.15, 0.2) is 0 Å². The van der Waals surface area contributed by atoms with Crippen molar-refractivity contribution >= 4 is 11.8 Å². The predicted octanol–water partition coefficient (Wildman–Crippen LogP) is 1.67. The fourth-order valence-corrected chi connectivity index (χ4v) is 3.70. The van der Waals surface area contributed by atoms with Gasteiger partial charge < -0.3 is 20.0 Å². The Hall–Kier alpha value is -2.96. The van der Waals surface area contributed by atoms with E-state index in [9.17, 15) is 9.59 Å². The lowest BCUT2D eigenvalue weighted by Crippen LogP contribution is -2.37. The maximum absolute atomic E-state index is 12.5. The maximum Gasteiger partial charge on any atom is 0.227 e. The van der Waals surface area contributed by atoms with Crippen LogP contribution in [0.1, 0.15) is 11.1 Å². The quantitative estimate of drug-likeness (QED) is 0.752. The monoisotopic (exact) mass is 410 g/mol. The molecule has 0 radical (unpaired) electrons. The number of amides is 2. The fraction of sp³-hybridized carbons (Fsp3) is 0.333. The van der Waals surface area contributed by atoms with Crippen LogP contribution in [0.2, 0.25) is 0 Å². The second kappa shape index (κ2) is 11.9. The minimum atomic E-state index is 0.160. The average Bonchev–Trinajstić information content (AvgIpc) is 3.38. The molecule has 0 aliphatic carbocycles. The molecule has 0 fully saturated rings. The van der Waals surface area contributed by atoms with Gasteiger partial charge in [0.05, 0.1) is 12.8 Å². The number of carbonyl (C=O) groups is 2. The molecule has 2 aromatic carbocycles. The Balaban J connectivity index is 0.000000757. The van der Waals surface area contributed by atoms with Crippen molar-refractivity contribution in [3.05, 3.63) is 82.9 Å². The van der Waals surface area contributed by atoms with E-state index in [-0.39, 0.29) is 11.8 Å². The van der Waals surface area contributed by atoms with Gasteiger partial charge in [-0.2, -0.15) is 0 Å². The first-order valence-corrected chi connectivity index (χ1v) is 9.91. The van der Waals surface area contributed by atoms with E-state index in [4.69, 9.17) is 10.2 Å². The summed E-state index contributed by atoms with van der Waals surface area (Å²) in [7, 11) is 2.00. The normalized spacial score (nSPS) is 14.4. The van der Waals surface area contributed by atoms with Gasteiger partial charge in [-0.25, -0.2) is 0 Å². The van der Waals surface area contributed by atoms with Crippen molar-refractivity contribution in [3.8, 4) is 0 Å². The largest absolute Gasteiger partial charge is 0.400 e. The lowest BCUT2D eigenvalue weighted by Gasteiger charge is -2.23. The van der Waals surface area contributed by atoms with Gasteiger partial charge in [-0.1, -0.05) is 60.7 Å². The van der Waals surface area contributed by atoms with E-state index in [1.165, 1.54) is 11.1 Å². The molecule has 0 saturated carbocycles. The summed E-state index contributed by atoms with van der Waals surface area (Å²) >= 11 is 0. The lowest BCUT2D eigenvalue weighted by molar-refractivity contribution is -0.129. The van der Waals surface area contributed by atoms with Crippen LogP contribution in [0, 0.1) is 0 Å². The van der Waals surface area contributed by atoms with E-state index in [0.717, 1.165) is 25.3 Å². The Bertz CT molecular complexity index is 763. The van der Waals surface area contributed by atoms with Gasteiger partial charge in [-0.05, 0) is 22.3 Å². The summed E-state index contributed by atoms with van der Waals surface area (Å²) in [6, 6.07) is 19.7. The van der Waals surface area contributed by atoms with Gasteiger partial charge in [0, 0.05) is 40.4 Å². The second-order valence-electron chi connectivity index (χ2n) is 7.03. The van der Waals surface area contributed by atoms with Gasteiger partial charge >= 0.3 is 0 Å².